The minimum Gasteiger partial charge on any atom is -0.394 e. The van der Waals surface area contributed by atoms with Crippen LogP contribution in [0.1, 0.15) is 47.7 Å². The molecular formula is C35H39ClFN3O5Si. The summed E-state index contributed by atoms with van der Waals surface area (Å²) in [5.74, 6) is -1.35. The summed E-state index contributed by atoms with van der Waals surface area (Å²) in [7, 11) is -3.48. The van der Waals surface area contributed by atoms with Gasteiger partial charge >= 0.3 is 0 Å². The second-order valence-corrected chi connectivity index (χ2v) is 17.3. The largest absolute Gasteiger partial charge is 0.394 e. The van der Waals surface area contributed by atoms with Gasteiger partial charge in [-0.1, -0.05) is 48.9 Å². The van der Waals surface area contributed by atoms with E-state index in [4.69, 9.17) is 16.3 Å². The highest BCUT2D eigenvalue weighted by Gasteiger charge is 2.67. The molecule has 8 nitrogen and oxygen atoms in total. The first-order valence-electron chi connectivity index (χ1n) is 15.8. The van der Waals surface area contributed by atoms with Crippen molar-refractivity contribution in [3.8, 4) is 0 Å². The number of hydrogen-bond donors (Lipinski definition) is 2. The van der Waals surface area contributed by atoms with E-state index in [0.717, 1.165) is 18.4 Å². The molecule has 0 unspecified atom stereocenters. The van der Waals surface area contributed by atoms with Crippen LogP contribution in [0.4, 0.5) is 15.5 Å². The number of nitrogens with one attached hydrogen (secondary N) is 1. The summed E-state index contributed by atoms with van der Waals surface area (Å²) in [5.41, 5.74) is 0.909. The van der Waals surface area contributed by atoms with Crippen LogP contribution in [0.5, 0.6) is 0 Å². The number of aliphatic hydroxyl groups is 1. The lowest BCUT2D eigenvalue weighted by atomic mass is 9.82. The molecule has 0 radical (unpaired) electrons. The maximum Gasteiger partial charge on any atom is 0.264 e. The fraction of sp³-hybridized carbons (Fsp3) is 0.400. The molecule has 5 atom stereocenters. The maximum atomic E-state index is 16.2. The molecule has 1 spiro atoms. The lowest BCUT2D eigenvalue weighted by Crippen LogP contribution is -2.45. The van der Waals surface area contributed by atoms with Crippen molar-refractivity contribution in [1.82, 2.24) is 4.90 Å². The summed E-state index contributed by atoms with van der Waals surface area (Å²) < 4.78 is 22.9. The van der Waals surface area contributed by atoms with Crippen LogP contribution in [0.15, 0.2) is 72.8 Å². The minimum atomic E-state index is -3.48. The van der Waals surface area contributed by atoms with Crippen LogP contribution in [-0.4, -0.2) is 61.4 Å². The third-order valence-electron chi connectivity index (χ3n) is 9.77. The number of halogens is 2. The maximum absolute atomic E-state index is 16.2. The van der Waals surface area contributed by atoms with Gasteiger partial charge < -0.3 is 29.1 Å². The molecule has 3 aliphatic heterocycles. The molecule has 3 heterocycles. The Morgan fingerprint density at radius 3 is 2.59 bits per heavy atom. The van der Waals surface area contributed by atoms with Gasteiger partial charge in [0.2, 0.25) is 14.3 Å². The second-order valence-electron chi connectivity index (χ2n) is 13.1. The van der Waals surface area contributed by atoms with Crippen LogP contribution < -0.4 is 10.2 Å². The molecule has 6 rings (SSSR count). The molecule has 2 fully saturated rings. The van der Waals surface area contributed by atoms with Crippen molar-refractivity contribution in [2.45, 2.75) is 69.1 Å². The standard InChI is InChI=1S/C35H39ClFN3O5Si/c1-22-32(46(2,3)37)30(19-31(42)39-16-8-13-27(39)21-41)45-35(22)28-18-25(36)14-15-29(28)40(34(35)44)20-23-9-7-12-26(17-23)38-33(43)24-10-5-4-6-11-24/h4-7,9-12,14-15,17-18,22,27,30,32,41H,8,13,16,19-21H2,1-3H3,(H,38,43)/t22-,27+,30+,32-,35+/m1/s1. The number of ether oxygens (including phenoxy) is 1. The van der Waals surface area contributed by atoms with E-state index in [2.05, 4.69) is 5.32 Å². The number of aliphatic hydroxyl groups excluding tert-OH is 1. The molecule has 3 aromatic rings. The quantitative estimate of drug-likeness (QED) is 0.218. The Kier molecular flexibility index (Phi) is 8.84. The molecule has 0 aromatic heterocycles. The SMILES string of the molecule is C[C@@H]1[C@@H]([Si](C)(C)F)[C@H](CC(=O)N2CCC[C@H]2CO)O[C@@]12C(=O)N(Cc1cccc(NC(=O)c3ccccc3)c1)c1ccc(Cl)cc12. The van der Waals surface area contributed by atoms with E-state index < -0.39 is 31.6 Å². The summed E-state index contributed by atoms with van der Waals surface area (Å²) >= 11 is 6.50. The zero-order valence-corrected chi connectivity index (χ0v) is 28.0. The van der Waals surface area contributed by atoms with Crippen LogP contribution in [0.25, 0.3) is 0 Å². The summed E-state index contributed by atoms with van der Waals surface area (Å²) in [6.45, 7) is 5.64. The van der Waals surface area contributed by atoms with Crippen LogP contribution in [-0.2, 0) is 26.5 Å². The fourth-order valence-corrected chi connectivity index (χ4v) is 10.4. The number of hydrogen-bond acceptors (Lipinski definition) is 5. The van der Waals surface area contributed by atoms with E-state index in [9.17, 15) is 19.5 Å². The van der Waals surface area contributed by atoms with E-state index in [1.807, 2.05) is 31.2 Å². The highest BCUT2D eigenvalue weighted by molar-refractivity contribution is 6.72. The first-order chi connectivity index (χ1) is 21.9. The Balaban J connectivity index is 1.31. The topological polar surface area (TPSA) is 99.2 Å². The van der Waals surface area contributed by atoms with Gasteiger partial charge in [0.25, 0.3) is 11.8 Å². The predicted molar refractivity (Wildman–Crippen MR) is 178 cm³/mol. The van der Waals surface area contributed by atoms with Gasteiger partial charge in [-0.3, -0.25) is 14.4 Å². The average molecular weight is 664 g/mol. The number of carbonyl (C=O) groups excluding carboxylic acids is 3. The van der Waals surface area contributed by atoms with Crippen molar-refractivity contribution in [2.24, 2.45) is 5.92 Å². The third kappa shape index (κ3) is 5.76. The molecule has 3 aliphatic rings. The molecule has 3 amide bonds. The van der Waals surface area contributed by atoms with E-state index in [1.165, 1.54) is 0 Å². The molecule has 3 aromatic carbocycles. The number of carbonyl (C=O) groups is 3. The molecule has 0 saturated carbocycles. The predicted octanol–water partition coefficient (Wildman–Crippen LogP) is 6.29. The van der Waals surface area contributed by atoms with E-state index >= 15 is 4.11 Å². The summed E-state index contributed by atoms with van der Waals surface area (Å²) in [6, 6.07) is 21.2. The molecule has 242 valence electrons. The third-order valence-corrected chi connectivity index (χ3v) is 12.5. The van der Waals surface area contributed by atoms with E-state index in [0.29, 0.717) is 34.1 Å². The van der Waals surface area contributed by atoms with Crippen molar-refractivity contribution in [3.63, 3.8) is 0 Å². The van der Waals surface area contributed by atoms with Gasteiger partial charge in [0.1, 0.15) is 0 Å². The number of rotatable bonds is 8. The number of fused-ring (bicyclic) bond motifs is 2. The lowest BCUT2D eigenvalue weighted by molar-refractivity contribution is -0.150. The Hall–Kier alpha value is -3.57. The zero-order valence-electron chi connectivity index (χ0n) is 26.2. The molecule has 0 aliphatic carbocycles. The van der Waals surface area contributed by atoms with Gasteiger partial charge in [-0.05, 0) is 74.0 Å². The Labute approximate surface area is 274 Å². The van der Waals surface area contributed by atoms with E-state index in [-0.39, 0.29) is 43.3 Å². The number of nitrogens with zero attached hydrogens (tertiary/aromatic N) is 2. The summed E-state index contributed by atoms with van der Waals surface area (Å²) in [5, 5.41) is 13.1. The van der Waals surface area contributed by atoms with Gasteiger partial charge in [-0.25, -0.2) is 0 Å². The number of likely N-dealkylation sites (tertiary alicyclic amines) is 1. The zero-order chi connectivity index (χ0) is 32.8. The van der Waals surface area contributed by atoms with Crippen LogP contribution in [0.3, 0.4) is 0 Å². The fourth-order valence-electron chi connectivity index (χ4n) is 7.74. The van der Waals surface area contributed by atoms with Gasteiger partial charge in [0.05, 0.1) is 37.4 Å². The second kappa shape index (κ2) is 12.6. The van der Waals surface area contributed by atoms with Gasteiger partial charge in [0, 0.05) is 39.8 Å². The minimum absolute atomic E-state index is 0.0695. The Bertz CT molecular complexity index is 1650. The number of amides is 3. The molecule has 2 saturated heterocycles. The van der Waals surface area contributed by atoms with Crippen molar-refractivity contribution >= 4 is 49.1 Å². The van der Waals surface area contributed by atoms with Crippen molar-refractivity contribution in [2.75, 3.05) is 23.4 Å². The summed E-state index contributed by atoms with van der Waals surface area (Å²) in [4.78, 5) is 44.3. The highest BCUT2D eigenvalue weighted by Crippen LogP contribution is 2.60. The monoisotopic (exact) mass is 663 g/mol. The highest BCUT2D eigenvalue weighted by atomic mass is 35.5. The van der Waals surface area contributed by atoms with Crippen molar-refractivity contribution < 1.29 is 28.3 Å². The van der Waals surface area contributed by atoms with Crippen LogP contribution >= 0.6 is 11.6 Å². The van der Waals surface area contributed by atoms with E-state index in [1.54, 1.807) is 71.4 Å². The van der Waals surface area contributed by atoms with Gasteiger partial charge in [-0.15, -0.1) is 0 Å². The normalized spacial score (nSPS) is 25.7. The number of benzene rings is 3. The van der Waals surface area contributed by atoms with Crippen molar-refractivity contribution in [3.05, 3.63) is 94.5 Å². The Morgan fingerprint density at radius 1 is 1.11 bits per heavy atom. The average Bonchev–Trinajstić information content (AvgIpc) is 3.68. The lowest BCUT2D eigenvalue weighted by Gasteiger charge is -2.31. The summed E-state index contributed by atoms with van der Waals surface area (Å²) in [6.07, 6.45) is 0.630. The molecular weight excluding hydrogens is 625 g/mol. The molecule has 11 heteroatoms. The Morgan fingerprint density at radius 2 is 1.87 bits per heavy atom. The van der Waals surface area contributed by atoms with Crippen LogP contribution in [0, 0.1) is 5.92 Å². The smallest absolute Gasteiger partial charge is 0.264 e. The number of anilines is 2. The van der Waals surface area contributed by atoms with Gasteiger partial charge in [-0.2, -0.15) is 0 Å². The van der Waals surface area contributed by atoms with Crippen molar-refractivity contribution in [1.29, 1.82) is 0 Å². The molecule has 2 N–H and O–H groups in total. The first-order valence-corrected chi connectivity index (χ1v) is 19.1. The molecule has 0 bridgehead atoms. The first kappa shape index (κ1) is 32.4. The molecule has 46 heavy (non-hydrogen) atoms. The van der Waals surface area contributed by atoms with Crippen LogP contribution in [0.2, 0.25) is 23.7 Å². The van der Waals surface area contributed by atoms with Gasteiger partial charge in [0.15, 0.2) is 5.60 Å².